The zero-order valence-corrected chi connectivity index (χ0v) is 13.8. The quantitative estimate of drug-likeness (QED) is 0.825. The van der Waals surface area contributed by atoms with Crippen molar-refractivity contribution in [3.63, 3.8) is 0 Å². The van der Waals surface area contributed by atoms with Crippen molar-refractivity contribution in [3.8, 4) is 6.07 Å². The van der Waals surface area contributed by atoms with Crippen molar-refractivity contribution in [1.82, 2.24) is 9.97 Å². The average Bonchev–Trinajstić information content (AvgIpc) is 2.90. The van der Waals surface area contributed by atoms with Gasteiger partial charge in [-0.1, -0.05) is 32.5 Å². The third-order valence-electron chi connectivity index (χ3n) is 3.01. The molecule has 2 heterocycles. The van der Waals surface area contributed by atoms with E-state index in [1.807, 2.05) is 11.0 Å². The van der Waals surface area contributed by atoms with Crippen molar-refractivity contribution in [2.24, 2.45) is 11.1 Å². The standard InChI is InChI=1S/C15H20N6S/c1-15(2,3)11-10-22-13(4-6-16)21(11)12-5-8-18-14(20-12)19-9-7-17/h4-5,8,10H,7,9,17H2,1-3H3,(H,18,19,20). The lowest BCUT2D eigenvalue weighted by Gasteiger charge is -2.30. The molecule has 0 unspecified atom stereocenters. The smallest absolute Gasteiger partial charge is 0.224 e. The topological polar surface area (TPSA) is 90.9 Å². The van der Waals surface area contributed by atoms with Gasteiger partial charge >= 0.3 is 0 Å². The Bertz CT molecular complexity index is 638. The van der Waals surface area contributed by atoms with E-state index >= 15 is 0 Å². The molecule has 0 atom stereocenters. The summed E-state index contributed by atoms with van der Waals surface area (Å²) in [5, 5.41) is 15.0. The zero-order chi connectivity index (χ0) is 16.2. The van der Waals surface area contributed by atoms with Crippen LogP contribution in [-0.4, -0.2) is 23.1 Å². The lowest BCUT2D eigenvalue weighted by molar-refractivity contribution is 0.495. The van der Waals surface area contributed by atoms with E-state index in [4.69, 9.17) is 11.0 Å². The van der Waals surface area contributed by atoms with Gasteiger partial charge in [-0.2, -0.15) is 10.2 Å². The lowest BCUT2D eigenvalue weighted by atomic mass is 9.92. The average molecular weight is 316 g/mol. The predicted octanol–water partition coefficient (Wildman–Crippen LogP) is 2.65. The number of allylic oxidation sites excluding steroid dienone is 2. The fraction of sp³-hybridized carbons (Fsp3) is 0.400. The number of nitrogens with one attached hydrogen (secondary N) is 1. The van der Waals surface area contributed by atoms with E-state index in [0.29, 0.717) is 19.0 Å². The highest BCUT2D eigenvalue weighted by atomic mass is 32.2. The first kappa shape index (κ1) is 16.3. The van der Waals surface area contributed by atoms with Gasteiger partial charge in [0.2, 0.25) is 5.95 Å². The highest BCUT2D eigenvalue weighted by Crippen LogP contribution is 2.44. The molecule has 6 nitrogen and oxygen atoms in total. The van der Waals surface area contributed by atoms with Crippen molar-refractivity contribution in [2.75, 3.05) is 23.3 Å². The number of hydrogen-bond donors (Lipinski definition) is 2. The van der Waals surface area contributed by atoms with Crippen molar-refractivity contribution in [3.05, 3.63) is 34.5 Å². The first-order valence-corrected chi connectivity index (χ1v) is 7.89. The van der Waals surface area contributed by atoms with Gasteiger partial charge in [0.1, 0.15) is 5.82 Å². The first-order chi connectivity index (χ1) is 10.5. The maximum atomic E-state index is 9.00. The summed E-state index contributed by atoms with van der Waals surface area (Å²) in [4.78, 5) is 10.7. The maximum Gasteiger partial charge on any atom is 0.224 e. The first-order valence-electron chi connectivity index (χ1n) is 7.01. The molecule has 2 rings (SSSR count). The molecule has 0 fully saturated rings. The molecule has 116 valence electrons. The number of aromatic nitrogens is 2. The highest BCUT2D eigenvalue weighted by molar-refractivity contribution is 8.06. The largest absolute Gasteiger partial charge is 0.353 e. The molecule has 0 amide bonds. The molecule has 1 aromatic rings. The van der Waals surface area contributed by atoms with Crippen LogP contribution in [-0.2, 0) is 0 Å². The van der Waals surface area contributed by atoms with Crippen LogP contribution in [0.2, 0.25) is 0 Å². The Morgan fingerprint density at radius 3 is 2.91 bits per heavy atom. The molecule has 1 aromatic heterocycles. The summed E-state index contributed by atoms with van der Waals surface area (Å²) in [6, 6.07) is 3.93. The van der Waals surface area contributed by atoms with Gasteiger partial charge in [0.15, 0.2) is 0 Å². The fourth-order valence-electron chi connectivity index (χ4n) is 1.99. The Morgan fingerprint density at radius 2 is 2.27 bits per heavy atom. The van der Waals surface area contributed by atoms with Crippen LogP contribution in [0.5, 0.6) is 0 Å². The Morgan fingerprint density at radius 1 is 1.50 bits per heavy atom. The van der Waals surface area contributed by atoms with Crippen molar-refractivity contribution < 1.29 is 0 Å². The number of thioether (sulfide) groups is 1. The van der Waals surface area contributed by atoms with Gasteiger partial charge in [0, 0.05) is 36.5 Å². The molecule has 1 aliphatic heterocycles. The van der Waals surface area contributed by atoms with Gasteiger partial charge in [-0.3, -0.25) is 4.90 Å². The normalized spacial score (nSPS) is 16.6. The summed E-state index contributed by atoms with van der Waals surface area (Å²) in [6.45, 7) is 7.53. The third-order valence-corrected chi connectivity index (χ3v) is 3.89. The zero-order valence-electron chi connectivity index (χ0n) is 13.0. The van der Waals surface area contributed by atoms with Crippen molar-refractivity contribution >= 4 is 23.5 Å². The van der Waals surface area contributed by atoms with E-state index in [2.05, 4.69) is 47.5 Å². The minimum atomic E-state index is -0.0617. The SMILES string of the molecule is CC(C)(C)C1=CSC(=CC#N)N1c1ccnc(NCCN)n1. The highest BCUT2D eigenvalue weighted by Gasteiger charge is 2.32. The summed E-state index contributed by atoms with van der Waals surface area (Å²) in [5.41, 5.74) is 6.53. The summed E-state index contributed by atoms with van der Waals surface area (Å²) < 4.78 is 0. The number of nitriles is 1. The Hall–Kier alpha value is -2.04. The predicted molar refractivity (Wildman–Crippen MR) is 90.9 cm³/mol. The number of rotatable bonds is 4. The molecule has 0 aromatic carbocycles. The molecule has 22 heavy (non-hydrogen) atoms. The second kappa shape index (κ2) is 6.81. The van der Waals surface area contributed by atoms with E-state index < -0.39 is 0 Å². The van der Waals surface area contributed by atoms with Crippen LogP contribution in [0.25, 0.3) is 0 Å². The minimum Gasteiger partial charge on any atom is -0.353 e. The molecule has 3 N–H and O–H groups in total. The van der Waals surface area contributed by atoms with E-state index in [1.54, 1.807) is 6.20 Å². The monoisotopic (exact) mass is 316 g/mol. The Kier molecular flexibility index (Phi) is 5.06. The summed E-state index contributed by atoms with van der Waals surface area (Å²) >= 11 is 1.53. The van der Waals surface area contributed by atoms with Crippen LogP contribution in [0.1, 0.15) is 20.8 Å². The lowest BCUT2D eigenvalue weighted by Crippen LogP contribution is -2.27. The molecule has 1 aliphatic rings. The van der Waals surface area contributed by atoms with E-state index in [-0.39, 0.29) is 5.41 Å². The number of nitrogens with two attached hydrogens (primary N) is 1. The second-order valence-electron chi connectivity index (χ2n) is 5.77. The van der Waals surface area contributed by atoms with Crippen LogP contribution in [0.15, 0.2) is 34.5 Å². The maximum absolute atomic E-state index is 9.00. The van der Waals surface area contributed by atoms with E-state index in [0.717, 1.165) is 16.5 Å². The van der Waals surface area contributed by atoms with Crippen LogP contribution in [0.4, 0.5) is 11.8 Å². The fourth-order valence-corrected chi connectivity index (χ4v) is 3.09. The van der Waals surface area contributed by atoms with E-state index in [1.165, 1.54) is 17.8 Å². The van der Waals surface area contributed by atoms with Gasteiger partial charge in [-0.05, 0) is 11.5 Å². The number of hydrogen-bond acceptors (Lipinski definition) is 7. The molecule has 0 radical (unpaired) electrons. The molecule has 0 saturated carbocycles. The molecule has 7 heteroatoms. The van der Waals surface area contributed by atoms with Crippen molar-refractivity contribution in [2.45, 2.75) is 20.8 Å². The van der Waals surface area contributed by atoms with Gasteiger partial charge in [0.05, 0.1) is 11.1 Å². The summed E-state index contributed by atoms with van der Waals surface area (Å²) in [6.07, 6.45) is 3.24. The van der Waals surface area contributed by atoms with Crippen LogP contribution < -0.4 is 16.0 Å². The summed E-state index contributed by atoms with van der Waals surface area (Å²) in [5.74, 6) is 1.27. The van der Waals surface area contributed by atoms with Gasteiger partial charge in [-0.25, -0.2) is 4.98 Å². The van der Waals surface area contributed by atoms with Crippen LogP contribution in [0.3, 0.4) is 0 Å². The van der Waals surface area contributed by atoms with Gasteiger partial charge < -0.3 is 11.1 Å². The van der Waals surface area contributed by atoms with Gasteiger partial charge in [-0.15, -0.1) is 0 Å². The van der Waals surface area contributed by atoms with Crippen molar-refractivity contribution in [1.29, 1.82) is 5.26 Å². The molecule has 0 saturated heterocycles. The Labute approximate surface area is 135 Å². The van der Waals surface area contributed by atoms with E-state index in [9.17, 15) is 0 Å². The molecule has 0 aliphatic carbocycles. The molecular weight excluding hydrogens is 296 g/mol. The third kappa shape index (κ3) is 3.59. The molecule has 0 spiro atoms. The minimum absolute atomic E-state index is 0.0617. The summed E-state index contributed by atoms with van der Waals surface area (Å²) in [7, 11) is 0. The van der Waals surface area contributed by atoms with Crippen LogP contribution >= 0.6 is 11.8 Å². The Balaban J connectivity index is 2.39. The van der Waals surface area contributed by atoms with Crippen LogP contribution in [0, 0.1) is 16.7 Å². The number of anilines is 2. The molecular formula is C15H20N6S. The second-order valence-corrected chi connectivity index (χ2v) is 6.66. The number of nitrogens with zero attached hydrogens (tertiary/aromatic N) is 4. The van der Waals surface area contributed by atoms with Gasteiger partial charge in [0.25, 0.3) is 0 Å². The molecule has 0 bridgehead atoms.